The molecule has 3 rings (SSSR count). The van der Waals surface area contributed by atoms with Gasteiger partial charge in [-0.3, -0.25) is 9.59 Å². The van der Waals surface area contributed by atoms with Crippen LogP contribution in [0.5, 0.6) is 0 Å². The standard InChI is InChI=1S/C18H18N2O5.Na/c1-18(2)13(14(18)17(23)24)16(22)20-12-5-3-4-11(8-12)19-15(21)10-6-7-25-9-10;/h3-9,13-14H,1-2H3,(H,19,21)(H,20,22)(H,23,24);/q;+1/p-1/t13-,14+;/m1./s1. The molecule has 0 aliphatic heterocycles. The predicted molar refractivity (Wildman–Crippen MR) is 87.5 cm³/mol. The largest absolute Gasteiger partial charge is 1.00 e. The van der Waals surface area contributed by atoms with E-state index in [1.165, 1.54) is 18.6 Å². The summed E-state index contributed by atoms with van der Waals surface area (Å²) in [5, 5.41) is 16.5. The van der Waals surface area contributed by atoms with E-state index in [9.17, 15) is 19.5 Å². The number of nitrogens with one attached hydrogen (secondary N) is 2. The number of carboxylic acids is 1. The Morgan fingerprint density at radius 1 is 1.08 bits per heavy atom. The van der Waals surface area contributed by atoms with Crippen LogP contribution in [0.1, 0.15) is 24.2 Å². The Balaban J connectivity index is 0.00000243. The number of benzene rings is 1. The molecular formula is C18H17N2NaO5. The van der Waals surface area contributed by atoms with E-state index < -0.39 is 23.2 Å². The maximum absolute atomic E-state index is 12.3. The molecule has 0 radical (unpaired) electrons. The van der Waals surface area contributed by atoms with Gasteiger partial charge in [0.1, 0.15) is 6.26 Å². The van der Waals surface area contributed by atoms with E-state index in [0.717, 1.165) is 0 Å². The quantitative estimate of drug-likeness (QED) is 0.627. The summed E-state index contributed by atoms with van der Waals surface area (Å²) in [7, 11) is 0. The number of carboxylic acid groups (broad SMARTS) is 1. The van der Waals surface area contributed by atoms with Crippen molar-refractivity contribution in [3.8, 4) is 0 Å². The van der Waals surface area contributed by atoms with Gasteiger partial charge in [0.05, 0.1) is 17.7 Å². The van der Waals surface area contributed by atoms with Crippen LogP contribution in [0.2, 0.25) is 0 Å². The first-order valence-electron chi connectivity index (χ1n) is 7.76. The third-order valence-corrected chi connectivity index (χ3v) is 4.54. The molecule has 0 bridgehead atoms. The van der Waals surface area contributed by atoms with Crippen molar-refractivity contribution in [3.63, 3.8) is 0 Å². The van der Waals surface area contributed by atoms with Crippen LogP contribution in [0.4, 0.5) is 11.4 Å². The Kier molecular flexibility index (Phi) is 5.95. The molecule has 8 heteroatoms. The first-order chi connectivity index (χ1) is 11.8. The van der Waals surface area contributed by atoms with Crippen LogP contribution < -0.4 is 45.3 Å². The van der Waals surface area contributed by atoms with Crippen LogP contribution in [0.3, 0.4) is 0 Å². The number of amides is 2. The fraction of sp³-hybridized carbons (Fsp3) is 0.278. The zero-order valence-corrected chi connectivity index (χ0v) is 16.7. The summed E-state index contributed by atoms with van der Waals surface area (Å²) in [5.74, 6) is -3.36. The normalized spacial score (nSPS) is 19.8. The molecule has 1 saturated carbocycles. The Hall–Kier alpha value is -2.09. The molecule has 130 valence electrons. The van der Waals surface area contributed by atoms with Crippen molar-refractivity contribution in [1.82, 2.24) is 0 Å². The Morgan fingerprint density at radius 3 is 2.27 bits per heavy atom. The van der Waals surface area contributed by atoms with Crippen LogP contribution in [-0.2, 0) is 9.59 Å². The van der Waals surface area contributed by atoms with Crippen molar-refractivity contribution >= 4 is 29.2 Å². The molecule has 0 spiro atoms. The summed E-state index contributed by atoms with van der Waals surface area (Å²) in [6, 6.07) is 8.15. The number of rotatable bonds is 5. The maximum atomic E-state index is 12.3. The molecule has 2 amide bonds. The third-order valence-electron chi connectivity index (χ3n) is 4.54. The van der Waals surface area contributed by atoms with Gasteiger partial charge in [0, 0.05) is 23.3 Å². The third kappa shape index (κ3) is 4.00. The molecule has 1 aromatic heterocycles. The predicted octanol–water partition coefficient (Wildman–Crippen LogP) is -1.50. The van der Waals surface area contributed by atoms with Crippen LogP contribution in [0, 0.1) is 17.3 Å². The molecule has 1 heterocycles. The molecule has 1 aromatic carbocycles. The second-order valence-corrected chi connectivity index (χ2v) is 6.63. The van der Waals surface area contributed by atoms with Gasteiger partial charge in [-0.15, -0.1) is 0 Å². The Labute approximate surface area is 172 Å². The fourth-order valence-electron chi connectivity index (χ4n) is 3.06. The van der Waals surface area contributed by atoms with Gasteiger partial charge in [-0.05, 0) is 29.7 Å². The summed E-state index contributed by atoms with van der Waals surface area (Å²) in [6.45, 7) is 3.44. The van der Waals surface area contributed by atoms with Gasteiger partial charge in [-0.2, -0.15) is 0 Å². The van der Waals surface area contributed by atoms with Crippen LogP contribution in [-0.4, -0.2) is 17.8 Å². The number of carbonyl (C=O) groups excluding carboxylic acids is 3. The summed E-state index contributed by atoms with van der Waals surface area (Å²) >= 11 is 0. The maximum Gasteiger partial charge on any atom is 1.00 e. The average molecular weight is 364 g/mol. The van der Waals surface area contributed by atoms with Gasteiger partial charge < -0.3 is 25.0 Å². The minimum Gasteiger partial charge on any atom is -0.550 e. The number of hydrogen-bond donors (Lipinski definition) is 2. The van der Waals surface area contributed by atoms with E-state index in [1.807, 2.05) is 0 Å². The van der Waals surface area contributed by atoms with Crippen molar-refractivity contribution in [2.45, 2.75) is 13.8 Å². The molecular weight excluding hydrogens is 347 g/mol. The van der Waals surface area contributed by atoms with E-state index in [1.54, 1.807) is 38.1 Å². The van der Waals surface area contributed by atoms with Gasteiger partial charge in [0.15, 0.2) is 0 Å². The SMILES string of the molecule is CC1(C)[C@H](C(=O)[O-])[C@@H]1C(=O)Nc1cccc(NC(=O)c2ccoc2)c1.[Na+]. The van der Waals surface area contributed by atoms with Crippen LogP contribution >= 0.6 is 0 Å². The molecule has 7 nitrogen and oxygen atoms in total. The fourth-order valence-corrected chi connectivity index (χ4v) is 3.06. The number of carbonyl (C=O) groups is 3. The summed E-state index contributed by atoms with van der Waals surface area (Å²) in [5.41, 5.74) is 0.715. The van der Waals surface area contributed by atoms with Crippen LogP contribution in [0.15, 0.2) is 47.3 Å². The van der Waals surface area contributed by atoms with Crippen molar-refractivity contribution < 1.29 is 53.5 Å². The Morgan fingerprint density at radius 2 is 1.73 bits per heavy atom. The van der Waals surface area contributed by atoms with Crippen molar-refractivity contribution in [2.24, 2.45) is 17.3 Å². The van der Waals surface area contributed by atoms with E-state index in [0.29, 0.717) is 16.9 Å². The second-order valence-electron chi connectivity index (χ2n) is 6.63. The molecule has 2 atom stereocenters. The zero-order chi connectivity index (χ0) is 18.2. The van der Waals surface area contributed by atoms with Gasteiger partial charge >= 0.3 is 29.6 Å². The minimum atomic E-state index is -1.22. The number of anilines is 2. The second kappa shape index (κ2) is 7.65. The monoisotopic (exact) mass is 364 g/mol. The first-order valence-corrected chi connectivity index (χ1v) is 7.76. The number of hydrogen-bond acceptors (Lipinski definition) is 5. The number of furan rings is 1. The zero-order valence-electron chi connectivity index (χ0n) is 14.7. The van der Waals surface area contributed by atoms with Crippen molar-refractivity contribution in [1.29, 1.82) is 0 Å². The molecule has 1 aliphatic carbocycles. The Bertz CT molecular complexity index is 832. The average Bonchev–Trinajstić information content (AvgIpc) is 2.88. The van der Waals surface area contributed by atoms with Crippen LogP contribution in [0.25, 0.3) is 0 Å². The smallest absolute Gasteiger partial charge is 0.550 e. The van der Waals surface area contributed by atoms with E-state index in [-0.39, 0.29) is 41.4 Å². The van der Waals surface area contributed by atoms with E-state index in [2.05, 4.69) is 10.6 Å². The van der Waals surface area contributed by atoms with E-state index >= 15 is 0 Å². The van der Waals surface area contributed by atoms with Crippen molar-refractivity contribution in [2.75, 3.05) is 10.6 Å². The molecule has 26 heavy (non-hydrogen) atoms. The topological polar surface area (TPSA) is 111 Å². The molecule has 0 saturated heterocycles. The summed E-state index contributed by atoms with van der Waals surface area (Å²) in [4.78, 5) is 35.4. The van der Waals surface area contributed by atoms with Gasteiger partial charge in [0.25, 0.3) is 5.91 Å². The molecule has 2 aromatic rings. The first kappa shape index (κ1) is 20.2. The molecule has 1 fully saturated rings. The van der Waals surface area contributed by atoms with Gasteiger partial charge in [-0.1, -0.05) is 19.9 Å². The minimum absolute atomic E-state index is 0. The molecule has 1 aliphatic rings. The van der Waals surface area contributed by atoms with Crippen molar-refractivity contribution in [3.05, 3.63) is 48.4 Å². The molecule has 0 unspecified atom stereocenters. The van der Waals surface area contributed by atoms with Gasteiger partial charge in [0.2, 0.25) is 5.91 Å². The van der Waals surface area contributed by atoms with E-state index in [4.69, 9.17) is 4.42 Å². The number of aliphatic carboxylic acids is 1. The molecule has 2 N–H and O–H groups in total. The summed E-state index contributed by atoms with van der Waals surface area (Å²) < 4.78 is 4.86. The summed E-state index contributed by atoms with van der Waals surface area (Å²) in [6.07, 6.45) is 2.73. The van der Waals surface area contributed by atoms with Gasteiger partial charge in [-0.25, -0.2) is 0 Å².